The van der Waals surface area contributed by atoms with Gasteiger partial charge >= 0.3 is 0 Å². The molecule has 5 heteroatoms. The molecule has 0 bridgehead atoms. The molecule has 0 amide bonds. The Morgan fingerprint density at radius 3 is 2.91 bits per heavy atom. The highest BCUT2D eigenvalue weighted by Gasteiger charge is 2.07. The zero-order chi connectivity index (χ0) is 8.27. The molecule has 1 heterocycles. The Bertz CT molecular complexity index is 225. The number of aliphatic hydroxyl groups excluding tert-OH is 1. The van der Waals surface area contributed by atoms with E-state index in [1.807, 2.05) is 0 Å². The van der Waals surface area contributed by atoms with Crippen molar-refractivity contribution >= 4 is 11.3 Å². The van der Waals surface area contributed by atoms with Crippen molar-refractivity contribution in [1.29, 1.82) is 0 Å². The maximum Gasteiger partial charge on any atom is 0.111 e. The van der Waals surface area contributed by atoms with Crippen molar-refractivity contribution in [1.82, 2.24) is 4.98 Å². The number of hydrogen-bond acceptors (Lipinski definition) is 5. The van der Waals surface area contributed by atoms with E-state index in [0.717, 1.165) is 9.88 Å². The molecule has 0 saturated heterocycles. The SMILES string of the molecule is NC[C@@H](N)c1ncc(CO)s1. The van der Waals surface area contributed by atoms with Crippen molar-refractivity contribution in [2.45, 2.75) is 12.6 Å². The third-order valence-corrected chi connectivity index (χ3v) is 2.41. The van der Waals surface area contributed by atoms with E-state index in [9.17, 15) is 0 Å². The fourth-order valence-electron chi connectivity index (χ4n) is 0.668. The highest BCUT2D eigenvalue weighted by Crippen LogP contribution is 2.17. The third-order valence-electron chi connectivity index (χ3n) is 1.30. The van der Waals surface area contributed by atoms with Crippen molar-refractivity contribution in [2.24, 2.45) is 11.5 Å². The Hall–Kier alpha value is -0.490. The van der Waals surface area contributed by atoms with Crippen LogP contribution in [0.5, 0.6) is 0 Å². The fourth-order valence-corrected chi connectivity index (χ4v) is 1.46. The molecule has 0 aliphatic carbocycles. The van der Waals surface area contributed by atoms with Crippen LogP contribution < -0.4 is 11.5 Å². The number of hydrogen-bond donors (Lipinski definition) is 3. The van der Waals surface area contributed by atoms with Crippen molar-refractivity contribution in [3.63, 3.8) is 0 Å². The van der Waals surface area contributed by atoms with Crippen LogP contribution in [0.4, 0.5) is 0 Å². The average molecular weight is 173 g/mol. The molecule has 1 atom stereocenters. The molecule has 1 aromatic heterocycles. The largest absolute Gasteiger partial charge is 0.391 e. The van der Waals surface area contributed by atoms with E-state index in [1.54, 1.807) is 6.20 Å². The van der Waals surface area contributed by atoms with Gasteiger partial charge in [0.25, 0.3) is 0 Å². The Morgan fingerprint density at radius 2 is 2.45 bits per heavy atom. The first-order valence-electron chi connectivity index (χ1n) is 3.29. The van der Waals surface area contributed by atoms with Crippen LogP contribution in [0.25, 0.3) is 0 Å². The molecule has 4 nitrogen and oxygen atoms in total. The van der Waals surface area contributed by atoms with Crippen molar-refractivity contribution in [3.8, 4) is 0 Å². The van der Waals surface area contributed by atoms with Gasteiger partial charge < -0.3 is 16.6 Å². The zero-order valence-electron chi connectivity index (χ0n) is 6.03. The highest BCUT2D eigenvalue weighted by molar-refractivity contribution is 7.11. The molecule has 11 heavy (non-hydrogen) atoms. The van der Waals surface area contributed by atoms with E-state index in [0.29, 0.717) is 6.54 Å². The summed E-state index contributed by atoms with van der Waals surface area (Å²) in [6.07, 6.45) is 1.62. The summed E-state index contributed by atoms with van der Waals surface area (Å²) >= 11 is 1.40. The number of aromatic nitrogens is 1. The number of thiazole rings is 1. The molecule has 0 aliphatic heterocycles. The summed E-state index contributed by atoms with van der Waals surface area (Å²) in [6, 6.07) is -0.194. The zero-order valence-corrected chi connectivity index (χ0v) is 6.84. The van der Waals surface area contributed by atoms with Crippen LogP contribution in [0.15, 0.2) is 6.20 Å². The molecular formula is C6H11N3OS. The first-order chi connectivity index (χ1) is 5.27. The maximum absolute atomic E-state index is 8.70. The van der Waals surface area contributed by atoms with Crippen molar-refractivity contribution < 1.29 is 5.11 Å². The molecule has 1 aromatic rings. The van der Waals surface area contributed by atoms with Gasteiger partial charge in [0.05, 0.1) is 17.5 Å². The van der Waals surface area contributed by atoms with Gasteiger partial charge in [-0.3, -0.25) is 0 Å². The van der Waals surface area contributed by atoms with Gasteiger partial charge in [0.15, 0.2) is 0 Å². The predicted molar refractivity (Wildman–Crippen MR) is 44.0 cm³/mol. The summed E-state index contributed by atoms with van der Waals surface area (Å²) in [6.45, 7) is 0.410. The molecular weight excluding hydrogens is 162 g/mol. The number of rotatable bonds is 3. The lowest BCUT2D eigenvalue weighted by molar-refractivity contribution is 0.285. The second-order valence-corrected chi connectivity index (χ2v) is 3.31. The highest BCUT2D eigenvalue weighted by atomic mass is 32.1. The molecule has 1 rings (SSSR count). The molecule has 0 aliphatic rings. The van der Waals surface area contributed by atoms with Gasteiger partial charge in [-0.15, -0.1) is 11.3 Å². The third kappa shape index (κ3) is 1.97. The van der Waals surface area contributed by atoms with Crippen LogP contribution in [0.3, 0.4) is 0 Å². The Kier molecular flexibility index (Phi) is 2.95. The summed E-state index contributed by atoms with van der Waals surface area (Å²) in [5.41, 5.74) is 10.9. The molecule has 0 unspecified atom stereocenters. The maximum atomic E-state index is 8.70. The minimum absolute atomic E-state index is 0.0228. The molecule has 0 fully saturated rings. The van der Waals surface area contributed by atoms with Crippen LogP contribution >= 0.6 is 11.3 Å². The quantitative estimate of drug-likeness (QED) is 0.580. The molecule has 0 spiro atoms. The van der Waals surface area contributed by atoms with E-state index in [1.165, 1.54) is 11.3 Å². The standard InChI is InChI=1S/C6H11N3OS/c7-1-5(8)6-9-2-4(3-10)11-6/h2,5,10H,1,3,7-8H2/t5-/m1/s1. The van der Waals surface area contributed by atoms with Crippen LogP contribution in [0, 0.1) is 0 Å². The summed E-state index contributed by atoms with van der Waals surface area (Å²) in [7, 11) is 0. The van der Waals surface area contributed by atoms with Gasteiger partial charge in [0.2, 0.25) is 0 Å². The van der Waals surface area contributed by atoms with Gasteiger partial charge in [0, 0.05) is 12.7 Å². The summed E-state index contributed by atoms with van der Waals surface area (Å²) < 4.78 is 0. The normalized spacial score (nSPS) is 13.4. The second-order valence-electron chi connectivity index (χ2n) is 2.17. The first-order valence-corrected chi connectivity index (χ1v) is 4.10. The Morgan fingerprint density at radius 1 is 1.73 bits per heavy atom. The second kappa shape index (κ2) is 3.77. The molecule has 62 valence electrons. The number of aliphatic hydroxyl groups is 1. The lowest BCUT2D eigenvalue weighted by Gasteiger charge is -2.01. The molecule has 0 radical (unpaired) electrons. The Balaban J connectivity index is 2.71. The van der Waals surface area contributed by atoms with Gasteiger partial charge in [-0.25, -0.2) is 4.98 Å². The predicted octanol–water partition coefficient (Wildman–Crippen LogP) is -0.406. The van der Waals surface area contributed by atoms with Crippen LogP contribution in [-0.2, 0) is 6.61 Å². The Labute approximate surface area is 68.9 Å². The van der Waals surface area contributed by atoms with Gasteiger partial charge in [0.1, 0.15) is 5.01 Å². The van der Waals surface area contributed by atoms with E-state index < -0.39 is 0 Å². The van der Waals surface area contributed by atoms with E-state index >= 15 is 0 Å². The number of nitrogens with zero attached hydrogens (tertiary/aromatic N) is 1. The number of nitrogens with two attached hydrogens (primary N) is 2. The van der Waals surface area contributed by atoms with E-state index in [4.69, 9.17) is 16.6 Å². The van der Waals surface area contributed by atoms with Crippen LogP contribution in [0.1, 0.15) is 15.9 Å². The molecule has 0 aromatic carbocycles. The van der Waals surface area contributed by atoms with Crippen LogP contribution in [0.2, 0.25) is 0 Å². The minimum atomic E-state index is -0.194. The summed E-state index contributed by atoms with van der Waals surface area (Å²) in [4.78, 5) is 4.83. The first kappa shape index (κ1) is 8.61. The lowest BCUT2D eigenvalue weighted by atomic mass is 10.3. The summed E-state index contributed by atoms with van der Waals surface area (Å²) in [5, 5.41) is 9.49. The van der Waals surface area contributed by atoms with Crippen LogP contribution in [-0.4, -0.2) is 16.6 Å². The van der Waals surface area contributed by atoms with Gasteiger partial charge in [-0.2, -0.15) is 0 Å². The fraction of sp³-hybridized carbons (Fsp3) is 0.500. The molecule has 5 N–H and O–H groups in total. The van der Waals surface area contributed by atoms with Crippen molar-refractivity contribution in [2.75, 3.05) is 6.54 Å². The summed E-state index contributed by atoms with van der Waals surface area (Å²) in [5.74, 6) is 0. The van der Waals surface area contributed by atoms with Gasteiger partial charge in [-0.05, 0) is 0 Å². The van der Waals surface area contributed by atoms with E-state index in [2.05, 4.69) is 4.98 Å². The topological polar surface area (TPSA) is 85.2 Å². The smallest absolute Gasteiger partial charge is 0.111 e. The van der Waals surface area contributed by atoms with E-state index in [-0.39, 0.29) is 12.6 Å². The van der Waals surface area contributed by atoms with Crippen molar-refractivity contribution in [3.05, 3.63) is 16.1 Å². The van der Waals surface area contributed by atoms with Gasteiger partial charge in [-0.1, -0.05) is 0 Å². The average Bonchev–Trinajstić information content (AvgIpc) is 2.50. The lowest BCUT2D eigenvalue weighted by Crippen LogP contribution is -2.20. The monoisotopic (exact) mass is 173 g/mol. The minimum Gasteiger partial charge on any atom is -0.391 e. The molecule has 0 saturated carbocycles.